The van der Waals surface area contributed by atoms with Gasteiger partial charge >= 0.3 is 0 Å². The maximum Gasteiger partial charge on any atom is 0.257 e. The van der Waals surface area contributed by atoms with Gasteiger partial charge in [-0.2, -0.15) is 15.5 Å². The van der Waals surface area contributed by atoms with E-state index in [0.29, 0.717) is 61.8 Å². The van der Waals surface area contributed by atoms with Gasteiger partial charge in [0.2, 0.25) is 11.8 Å². The molecule has 0 bridgehead atoms. The highest BCUT2D eigenvalue weighted by molar-refractivity contribution is 5.99. The van der Waals surface area contributed by atoms with Crippen molar-refractivity contribution in [2.75, 3.05) is 41.3 Å². The highest BCUT2D eigenvalue weighted by Gasteiger charge is 2.37. The van der Waals surface area contributed by atoms with Gasteiger partial charge in [0.25, 0.3) is 5.91 Å². The van der Waals surface area contributed by atoms with Gasteiger partial charge in [-0.15, -0.1) is 0 Å². The van der Waals surface area contributed by atoms with Gasteiger partial charge in [-0.3, -0.25) is 19.3 Å². The van der Waals surface area contributed by atoms with Crippen LogP contribution in [0.5, 0.6) is 5.75 Å². The van der Waals surface area contributed by atoms with Gasteiger partial charge < -0.3 is 25.2 Å². The number of hydrogen-bond donors (Lipinski definition) is 2. The number of carbonyl (C=O) groups is 3. The Balaban J connectivity index is 0.705. The number of nitrogens with one attached hydrogen (secondary N) is 2. The van der Waals surface area contributed by atoms with Crippen molar-refractivity contribution >= 4 is 46.1 Å². The largest absolute Gasteiger partial charge is 0.471 e. The Morgan fingerprint density at radius 3 is 1.97 bits per heavy atom. The molecule has 2 saturated heterocycles. The van der Waals surface area contributed by atoms with E-state index >= 15 is 0 Å². The van der Waals surface area contributed by atoms with E-state index in [2.05, 4.69) is 58.8 Å². The molecule has 4 aromatic heterocycles. The van der Waals surface area contributed by atoms with Gasteiger partial charge in [0.05, 0.1) is 30.0 Å². The Kier molecular flexibility index (Phi) is 10.3. The maximum atomic E-state index is 13.7. The molecule has 0 saturated carbocycles. The minimum atomic E-state index is -0.532. The van der Waals surface area contributed by atoms with Crippen molar-refractivity contribution < 1.29 is 19.1 Å². The van der Waals surface area contributed by atoms with Crippen LogP contribution in [0.4, 0.5) is 17.3 Å². The first kappa shape index (κ1) is 41.1. The zero-order valence-electron chi connectivity index (χ0n) is 36.7. The summed E-state index contributed by atoms with van der Waals surface area (Å²) >= 11 is 0. The topological polar surface area (TPSA) is 178 Å². The molecule has 1 unspecified atom stereocenters. The second-order valence-electron chi connectivity index (χ2n) is 17.4. The zero-order chi connectivity index (χ0) is 45.8. The molecule has 16 nitrogen and oxygen atoms in total. The lowest BCUT2D eigenvalue weighted by molar-refractivity contribution is -0.126. The van der Waals surface area contributed by atoms with Crippen molar-refractivity contribution in [2.45, 2.75) is 33.2 Å². The molecular formula is C51H44N12O4. The molecule has 7 heterocycles. The summed E-state index contributed by atoms with van der Waals surface area (Å²) in [5, 5.41) is 24.0. The molecule has 11 rings (SSSR count). The number of amides is 3. The number of carbonyl (C=O) groups excluding carboxylic acids is 3. The molecule has 332 valence electrons. The summed E-state index contributed by atoms with van der Waals surface area (Å²) in [7, 11) is 0. The number of rotatable bonds is 12. The van der Waals surface area contributed by atoms with E-state index in [1.54, 1.807) is 33.7 Å². The SMILES string of the molecule is Cc1ccc(CNC(=O)C2CN(c3ncnn4cc(-c5ccc6c(c5)CN(C(C)Oc5ccc(-c7cc8c(N9CC(C(=O)Nc%10ccc(C#N)cc%10)C9)ncnn8c7)cc5)C6=O)cc34)C2)cc1. The van der Waals surface area contributed by atoms with Crippen molar-refractivity contribution in [3.05, 3.63) is 156 Å². The van der Waals surface area contributed by atoms with Gasteiger partial charge in [0.15, 0.2) is 17.9 Å². The number of fused-ring (bicyclic) bond motifs is 3. The molecule has 2 N–H and O–H groups in total. The predicted octanol–water partition coefficient (Wildman–Crippen LogP) is 6.49. The van der Waals surface area contributed by atoms with E-state index in [4.69, 9.17) is 10.00 Å². The minimum Gasteiger partial charge on any atom is -0.471 e. The lowest BCUT2D eigenvalue weighted by Gasteiger charge is -2.39. The summed E-state index contributed by atoms with van der Waals surface area (Å²) in [6.45, 7) is 7.02. The standard InChI is InChI=1S/C51H44N12O4/c1-31-3-5-34(6-4-31)21-53-49(64)40-22-59(23-40)48-46-19-38(28-63(46)57-30-55-48)36-11-16-44-39(17-36)26-61(51(44)66)32(2)67-43-14-9-35(10-15-43)37-18-45-47(54-29-56-62(45)27-37)60-24-41(25-60)50(65)58-42-12-7-33(20-52)8-13-42/h3-19,27-30,32,40-41H,21-26H2,1-2H3,(H,53,64)(H,58,65). The average molecular weight is 889 g/mol. The third-order valence-corrected chi connectivity index (χ3v) is 12.9. The number of anilines is 3. The third kappa shape index (κ3) is 7.90. The number of benzene rings is 4. The Hall–Kier alpha value is -8.58. The van der Waals surface area contributed by atoms with E-state index < -0.39 is 6.23 Å². The van der Waals surface area contributed by atoms with E-state index in [1.807, 2.05) is 97.5 Å². The lowest BCUT2D eigenvalue weighted by Crippen LogP contribution is -2.54. The highest BCUT2D eigenvalue weighted by atomic mass is 16.5. The molecule has 0 radical (unpaired) electrons. The molecule has 16 heteroatoms. The van der Waals surface area contributed by atoms with Crippen molar-refractivity contribution in [3.8, 4) is 34.1 Å². The normalized spacial score (nSPS) is 15.2. The van der Waals surface area contributed by atoms with Gasteiger partial charge in [-0.25, -0.2) is 19.0 Å². The monoisotopic (exact) mass is 888 g/mol. The molecule has 4 aromatic carbocycles. The van der Waals surface area contributed by atoms with Crippen LogP contribution in [0.15, 0.2) is 128 Å². The summed E-state index contributed by atoms with van der Waals surface area (Å²) in [6.07, 6.45) is 6.43. The Bertz CT molecular complexity index is 3260. The molecule has 67 heavy (non-hydrogen) atoms. The second kappa shape index (κ2) is 16.8. The molecule has 0 aliphatic carbocycles. The number of ether oxygens (including phenoxy) is 1. The van der Waals surface area contributed by atoms with Crippen molar-refractivity contribution in [2.24, 2.45) is 11.8 Å². The smallest absolute Gasteiger partial charge is 0.257 e. The van der Waals surface area contributed by atoms with Crippen molar-refractivity contribution in [3.63, 3.8) is 0 Å². The fraction of sp³-hybridized carbons (Fsp3) is 0.216. The molecule has 3 aliphatic rings. The molecule has 8 aromatic rings. The van der Waals surface area contributed by atoms with Crippen LogP contribution in [-0.4, -0.2) is 84.2 Å². The maximum absolute atomic E-state index is 13.7. The zero-order valence-corrected chi connectivity index (χ0v) is 36.7. The molecule has 1 atom stereocenters. The Morgan fingerprint density at radius 1 is 0.746 bits per heavy atom. The predicted molar refractivity (Wildman–Crippen MR) is 251 cm³/mol. The first-order valence-electron chi connectivity index (χ1n) is 22.2. The van der Waals surface area contributed by atoms with Crippen LogP contribution in [-0.2, 0) is 22.7 Å². The first-order chi connectivity index (χ1) is 32.6. The Morgan fingerprint density at radius 2 is 1.34 bits per heavy atom. The Labute approximate surface area is 385 Å². The fourth-order valence-corrected chi connectivity index (χ4v) is 8.99. The summed E-state index contributed by atoms with van der Waals surface area (Å²) in [5.74, 6) is 1.72. The summed E-state index contributed by atoms with van der Waals surface area (Å²) < 4.78 is 9.95. The summed E-state index contributed by atoms with van der Waals surface area (Å²) in [4.78, 5) is 54.6. The molecule has 3 aliphatic heterocycles. The van der Waals surface area contributed by atoms with Gasteiger partial charge in [0.1, 0.15) is 29.4 Å². The van der Waals surface area contributed by atoms with Gasteiger partial charge in [-0.05, 0) is 96.8 Å². The van der Waals surface area contributed by atoms with Crippen LogP contribution in [0.25, 0.3) is 33.3 Å². The molecule has 0 spiro atoms. The molecule has 2 fully saturated rings. The third-order valence-electron chi connectivity index (χ3n) is 12.9. The van der Waals surface area contributed by atoms with Crippen LogP contribution in [0.3, 0.4) is 0 Å². The van der Waals surface area contributed by atoms with Crippen LogP contribution in [0.1, 0.15) is 39.5 Å². The lowest BCUT2D eigenvalue weighted by atomic mass is 9.98. The van der Waals surface area contributed by atoms with E-state index in [0.717, 1.165) is 56.0 Å². The molecule has 3 amide bonds. The van der Waals surface area contributed by atoms with Crippen LogP contribution < -0.4 is 25.2 Å². The number of hydrogen-bond acceptors (Lipinski definition) is 11. The van der Waals surface area contributed by atoms with E-state index in [-0.39, 0.29) is 29.6 Å². The van der Waals surface area contributed by atoms with Crippen LogP contribution in [0.2, 0.25) is 0 Å². The van der Waals surface area contributed by atoms with Crippen molar-refractivity contribution in [1.29, 1.82) is 5.26 Å². The quantitative estimate of drug-likeness (QED) is 0.137. The highest BCUT2D eigenvalue weighted by Crippen LogP contribution is 2.35. The van der Waals surface area contributed by atoms with Crippen LogP contribution >= 0.6 is 0 Å². The van der Waals surface area contributed by atoms with Crippen LogP contribution in [0, 0.1) is 30.1 Å². The minimum absolute atomic E-state index is 0.0385. The van der Waals surface area contributed by atoms with Gasteiger partial charge in [0, 0.05) is 67.5 Å². The average Bonchev–Trinajstić information content (AvgIpc) is 4.04. The van der Waals surface area contributed by atoms with E-state index in [1.165, 1.54) is 18.2 Å². The molecular weight excluding hydrogens is 845 g/mol. The number of nitrogens with zero attached hydrogens (tertiary/aromatic N) is 10. The van der Waals surface area contributed by atoms with E-state index in [9.17, 15) is 14.4 Å². The summed E-state index contributed by atoms with van der Waals surface area (Å²) in [5.41, 5.74) is 10.5. The second-order valence-corrected chi connectivity index (χ2v) is 17.4. The number of aryl methyl sites for hydroxylation is 1. The van der Waals surface area contributed by atoms with Gasteiger partial charge in [-0.1, -0.05) is 48.0 Å². The first-order valence-corrected chi connectivity index (χ1v) is 22.2. The summed E-state index contributed by atoms with van der Waals surface area (Å²) in [6, 6.07) is 34.8. The number of aromatic nitrogens is 6. The fourth-order valence-electron chi connectivity index (χ4n) is 8.99. The van der Waals surface area contributed by atoms with Crippen molar-refractivity contribution in [1.82, 2.24) is 39.4 Å². The number of nitriles is 1.